The highest BCUT2D eigenvalue weighted by Gasteiger charge is 2.36. The summed E-state index contributed by atoms with van der Waals surface area (Å²) < 4.78 is 9.60. The Labute approximate surface area is 83.0 Å². The molecule has 4 nitrogen and oxygen atoms in total. The van der Waals surface area contributed by atoms with Crippen LogP contribution in [-0.2, 0) is 9.53 Å². The van der Waals surface area contributed by atoms with Crippen molar-refractivity contribution in [2.75, 3.05) is 7.11 Å². The van der Waals surface area contributed by atoms with Crippen molar-refractivity contribution in [2.45, 2.75) is 19.9 Å². The number of nitrogens with two attached hydrogens (primary N) is 1. The highest BCUT2D eigenvalue weighted by molar-refractivity contribution is 5.77. The van der Waals surface area contributed by atoms with Crippen LogP contribution in [0.1, 0.15) is 25.5 Å². The Morgan fingerprint density at radius 2 is 2.29 bits per heavy atom. The van der Waals surface area contributed by atoms with E-state index < -0.39 is 11.5 Å². The van der Waals surface area contributed by atoms with Gasteiger partial charge in [0.15, 0.2) is 0 Å². The van der Waals surface area contributed by atoms with Crippen molar-refractivity contribution in [1.82, 2.24) is 0 Å². The Hall–Kier alpha value is -1.29. The zero-order valence-electron chi connectivity index (χ0n) is 8.61. The van der Waals surface area contributed by atoms with Gasteiger partial charge in [0.1, 0.15) is 0 Å². The van der Waals surface area contributed by atoms with Crippen LogP contribution in [0.25, 0.3) is 0 Å². The van der Waals surface area contributed by atoms with Crippen LogP contribution in [0.3, 0.4) is 0 Å². The summed E-state index contributed by atoms with van der Waals surface area (Å²) in [4.78, 5) is 11.4. The molecular formula is C10H15NO3. The molecule has 0 bridgehead atoms. The smallest absolute Gasteiger partial charge is 0.313 e. The molecule has 0 amide bonds. The average Bonchev–Trinajstić information content (AvgIpc) is 2.67. The minimum Gasteiger partial charge on any atom is -0.472 e. The first kappa shape index (κ1) is 10.8. The van der Waals surface area contributed by atoms with Crippen molar-refractivity contribution in [1.29, 1.82) is 0 Å². The third-order valence-electron chi connectivity index (χ3n) is 2.39. The second-order valence-corrected chi connectivity index (χ2v) is 3.75. The highest BCUT2D eigenvalue weighted by atomic mass is 16.5. The van der Waals surface area contributed by atoms with Gasteiger partial charge in [-0.25, -0.2) is 0 Å². The van der Waals surface area contributed by atoms with Crippen LogP contribution in [-0.4, -0.2) is 13.1 Å². The SMILES string of the molecule is COC(=O)C(C)(C)[C@@H](N)c1ccoc1. The Morgan fingerprint density at radius 1 is 1.64 bits per heavy atom. The first-order valence-electron chi connectivity index (χ1n) is 4.36. The zero-order valence-corrected chi connectivity index (χ0v) is 8.61. The fourth-order valence-corrected chi connectivity index (χ4v) is 1.26. The predicted octanol–water partition coefficient (Wildman–Crippen LogP) is 1.48. The number of hydrogen-bond donors (Lipinski definition) is 1. The van der Waals surface area contributed by atoms with Gasteiger partial charge in [-0.2, -0.15) is 0 Å². The first-order chi connectivity index (χ1) is 6.50. The van der Waals surface area contributed by atoms with Crippen molar-refractivity contribution in [3.63, 3.8) is 0 Å². The summed E-state index contributed by atoms with van der Waals surface area (Å²) in [6, 6.07) is 1.32. The van der Waals surface area contributed by atoms with Gasteiger partial charge in [0.05, 0.1) is 25.1 Å². The van der Waals surface area contributed by atoms with Gasteiger partial charge in [-0.15, -0.1) is 0 Å². The fourth-order valence-electron chi connectivity index (χ4n) is 1.26. The summed E-state index contributed by atoms with van der Waals surface area (Å²) in [5.74, 6) is -0.328. The molecule has 0 aliphatic carbocycles. The van der Waals surface area contributed by atoms with Gasteiger partial charge >= 0.3 is 5.97 Å². The van der Waals surface area contributed by atoms with Crippen molar-refractivity contribution in [2.24, 2.45) is 11.1 Å². The lowest BCUT2D eigenvalue weighted by Crippen LogP contribution is -2.37. The normalized spacial score (nSPS) is 13.7. The lowest BCUT2D eigenvalue weighted by Gasteiger charge is -2.27. The minimum atomic E-state index is -0.751. The summed E-state index contributed by atoms with van der Waals surface area (Å²) in [6.45, 7) is 3.49. The molecule has 1 atom stereocenters. The number of methoxy groups -OCH3 is 1. The second kappa shape index (κ2) is 3.84. The Bertz CT molecular complexity index is 303. The predicted molar refractivity (Wildman–Crippen MR) is 51.4 cm³/mol. The lowest BCUT2D eigenvalue weighted by atomic mass is 9.82. The summed E-state index contributed by atoms with van der Waals surface area (Å²) in [7, 11) is 1.35. The first-order valence-corrected chi connectivity index (χ1v) is 4.36. The molecule has 0 fully saturated rings. The molecule has 0 unspecified atom stereocenters. The number of furan rings is 1. The number of esters is 1. The van der Waals surface area contributed by atoms with E-state index in [9.17, 15) is 4.79 Å². The van der Waals surface area contributed by atoms with E-state index in [4.69, 9.17) is 10.2 Å². The van der Waals surface area contributed by atoms with Crippen molar-refractivity contribution in [3.05, 3.63) is 24.2 Å². The molecule has 0 spiro atoms. The maximum Gasteiger partial charge on any atom is 0.313 e. The van der Waals surface area contributed by atoms with Crippen LogP contribution in [0.2, 0.25) is 0 Å². The van der Waals surface area contributed by atoms with Gasteiger partial charge < -0.3 is 14.9 Å². The van der Waals surface area contributed by atoms with E-state index in [-0.39, 0.29) is 5.97 Å². The van der Waals surface area contributed by atoms with E-state index >= 15 is 0 Å². The molecule has 1 aromatic rings. The van der Waals surface area contributed by atoms with Gasteiger partial charge in [-0.3, -0.25) is 4.79 Å². The lowest BCUT2D eigenvalue weighted by molar-refractivity contribution is -0.152. The Kier molecular flexibility index (Phi) is 2.96. The van der Waals surface area contributed by atoms with E-state index in [1.165, 1.54) is 19.6 Å². The molecule has 0 aliphatic rings. The van der Waals surface area contributed by atoms with Crippen LogP contribution < -0.4 is 5.73 Å². The number of carbonyl (C=O) groups is 1. The van der Waals surface area contributed by atoms with Crippen molar-refractivity contribution in [3.8, 4) is 0 Å². The van der Waals surface area contributed by atoms with Gasteiger partial charge in [-0.05, 0) is 19.9 Å². The number of ether oxygens (including phenoxy) is 1. The Morgan fingerprint density at radius 3 is 2.71 bits per heavy atom. The fraction of sp³-hybridized carbons (Fsp3) is 0.500. The van der Waals surface area contributed by atoms with Crippen LogP contribution in [0, 0.1) is 5.41 Å². The summed E-state index contributed by atoms with van der Waals surface area (Å²) in [6.07, 6.45) is 3.07. The van der Waals surface area contributed by atoms with Crippen molar-refractivity contribution >= 4 is 5.97 Å². The van der Waals surface area contributed by atoms with Gasteiger partial charge in [-0.1, -0.05) is 0 Å². The minimum absolute atomic E-state index is 0.328. The zero-order chi connectivity index (χ0) is 10.8. The molecule has 0 saturated heterocycles. The third kappa shape index (κ3) is 1.80. The van der Waals surface area contributed by atoms with Crippen LogP contribution in [0.4, 0.5) is 0 Å². The summed E-state index contributed by atoms with van der Waals surface area (Å²) in [5, 5.41) is 0. The summed E-state index contributed by atoms with van der Waals surface area (Å²) >= 11 is 0. The van der Waals surface area contributed by atoms with E-state index in [1.54, 1.807) is 19.9 Å². The van der Waals surface area contributed by atoms with Gasteiger partial charge in [0.25, 0.3) is 0 Å². The molecule has 1 rings (SSSR count). The molecule has 0 aliphatic heterocycles. The van der Waals surface area contributed by atoms with Crippen LogP contribution >= 0.6 is 0 Å². The maximum absolute atomic E-state index is 11.4. The quantitative estimate of drug-likeness (QED) is 0.745. The van der Waals surface area contributed by atoms with E-state index in [2.05, 4.69) is 4.74 Å². The molecule has 4 heteroatoms. The van der Waals surface area contributed by atoms with Gasteiger partial charge in [0, 0.05) is 11.6 Å². The third-order valence-corrected chi connectivity index (χ3v) is 2.39. The Balaban J connectivity index is 2.88. The summed E-state index contributed by atoms with van der Waals surface area (Å²) in [5.41, 5.74) is 5.97. The van der Waals surface area contributed by atoms with Crippen LogP contribution in [0.15, 0.2) is 23.0 Å². The maximum atomic E-state index is 11.4. The number of hydrogen-bond acceptors (Lipinski definition) is 4. The monoisotopic (exact) mass is 197 g/mol. The molecule has 0 radical (unpaired) electrons. The molecule has 1 heterocycles. The topological polar surface area (TPSA) is 65.5 Å². The second-order valence-electron chi connectivity index (χ2n) is 3.75. The average molecular weight is 197 g/mol. The molecule has 1 aromatic heterocycles. The molecule has 78 valence electrons. The molecule has 0 aromatic carbocycles. The molecule has 0 saturated carbocycles. The van der Waals surface area contributed by atoms with Crippen molar-refractivity contribution < 1.29 is 13.9 Å². The van der Waals surface area contributed by atoms with Gasteiger partial charge in [0.2, 0.25) is 0 Å². The van der Waals surface area contributed by atoms with E-state index in [0.717, 1.165) is 5.56 Å². The van der Waals surface area contributed by atoms with Crippen LogP contribution in [0.5, 0.6) is 0 Å². The number of rotatable bonds is 3. The highest BCUT2D eigenvalue weighted by Crippen LogP contribution is 2.32. The molecule has 2 N–H and O–H groups in total. The number of carbonyl (C=O) groups excluding carboxylic acids is 1. The van der Waals surface area contributed by atoms with E-state index in [0.29, 0.717) is 0 Å². The molecule has 14 heavy (non-hydrogen) atoms. The molecular weight excluding hydrogens is 182 g/mol. The van der Waals surface area contributed by atoms with E-state index in [1.807, 2.05) is 0 Å². The standard InChI is InChI=1S/C10H15NO3/c1-10(2,9(12)13-3)8(11)7-4-5-14-6-7/h4-6,8H,11H2,1-3H3/t8-/m0/s1. The largest absolute Gasteiger partial charge is 0.472 e.